The smallest absolute Gasteiger partial charge is 0.0918 e. The summed E-state index contributed by atoms with van der Waals surface area (Å²) in [5, 5.41) is 7.24. The Kier molecular flexibility index (Phi) is 5.77. The van der Waals surface area contributed by atoms with Crippen molar-refractivity contribution in [1.29, 1.82) is 5.41 Å². The Labute approximate surface area is 98.6 Å². The third kappa shape index (κ3) is 6.08. The van der Waals surface area contributed by atoms with Gasteiger partial charge in [-0.2, -0.15) is 0 Å². The molecule has 0 atom stereocenters. The van der Waals surface area contributed by atoms with Crippen molar-refractivity contribution in [2.24, 2.45) is 11.7 Å². The summed E-state index contributed by atoms with van der Waals surface area (Å²) in [6.45, 7) is 7.84. The molecule has 1 aliphatic rings. The van der Waals surface area contributed by atoms with Crippen LogP contribution >= 0.6 is 0 Å². The molecule has 1 fully saturated rings. The van der Waals surface area contributed by atoms with Gasteiger partial charge in [0.2, 0.25) is 0 Å². The molecule has 1 aliphatic carbocycles. The summed E-state index contributed by atoms with van der Waals surface area (Å²) < 4.78 is 5.58. The quantitative estimate of drug-likeness (QED) is 0.356. The van der Waals surface area contributed by atoms with Gasteiger partial charge < -0.3 is 10.5 Å². The fourth-order valence-corrected chi connectivity index (χ4v) is 1.68. The van der Waals surface area contributed by atoms with Crippen molar-refractivity contribution >= 4 is 5.84 Å². The number of amidine groups is 1. The number of rotatable bonds is 9. The van der Waals surface area contributed by atoms with Crippen molar-refractivity contribution in [2.45, 2.75) is 39.2 Å². The highest BCUT2D eigenvalue weighted by atomic mass is 16.5. The van der Waals surface area contributed by atoms with E-state index in [1.165, 1.54) is 12.8 Å². The zero-order valence-electron chi connectivity index (χ0n) is 10.5. The number of nitrogens with two attached hydrogens (primary N) is 1. The Bertz CT molecular complexity index is 214. The van der Waals surface area contributed by atoms with Gasteiger partial charge in [0.1, 0.15) is 0 Å². The highest BCUT2D eigenvalue weighted by molar-refractivity contribution is 5.76. The zero-order chi connectivity index (χ0) is 12.0. The van der Waals surface area contributed by atoms with E-state index < -0.39 is 0 Å². The predicted molar refractivity (Wildman–Crippen MR) is 66.8 cm³/mol. The molecule has 0 aliphatic heterocycles. The van der Waals surface area contributed by atoms with Crippen molar-refractivity contribution in [3.05, 3.63) is 0 Å². The summed E-state index contributed by atoms with van der Waals surface area (Å²) in [7, 11) is 0. The van der Waals surface area contributed by atoms with Gasteiger partial charge in [-0.15, -0.1) is 0 Å². The first-order chi connectivity index (χ1) is 7.59. The maximum atomic E-state index is 7.24. The lowest BCUT2D eigenvalue weighted by Gasteiger charge is -2.21. The van der Waals surface area contributed by atoms with Gasteiger partial charge in [0.05, 0.1) is 12.4 Å². The molecule has 1 saturated carbocycles. The van der Waals surface area contributed by atoms with E-state index in [2.05, 4.69) is 18.7 Å². The Morgan fingerprint density at radius 2 is 2.12 bits per heavy atom. The van der Waals surface area contributed by atoms with Gasteiger partial charge in [0.15, 0.2) is 0 Å². The van der Waals surface area contributed by atoms with E-state index in [0.717, 1.165) is 32.3 Å². The molecular weight excluding hydrogens is 202 g/mol. The fraction of sp³-hybridized carbons (Fsp3) is 0.917. The molecule has 0 aromatic carbocycles. The SMILES string of the molecule is CC(C)COCCN(CCC(=N)N)C1CC1. The second kappa shape index (κ2) is 6.86. The number of ether oxygens (including phenoxy) is 1. The minimum Gasteiger partial charge on any atom is -0.388 e. The summed E-state index contributed by atoms with van der Waals surface area (Å²) in [5.74, 6) is 0.889. The summed E-state index contributed by atoms with van der Waals surface area (Å²) in [5.41, 5.74) is 5.38. The van der Waals surface area contributed by atoms with Crippen LogP contribution in [-0.4, -0.2) is 43.1 Å². The van der Waals surface area contributed by atoms with Crippen molar-refractivity contribution in [3.63, 3.8) is 0 Å². The summed E-state index contributed by atoms with van der Waals surface area (Å²) in [6.07, 6.45) is 3.27. The highest BCUT2D eigenvalue weighted by Crippen LogP contribution is 2.26. The van der Waals surface area contributed by atoms with E-state index in [1.54, 1.807) is 0 Å². The molecule has 0 saturated heterocycles. The second-order valence-corrected chi connectivity index (χ2v) is 5.01. The minimum absolute atomic E-state index is 0.286. The molecule has 0 radical (unpaired) electrons. The van der Waals surface area contributed by atoms with Crippen LogP contribution in [0.5, 0.6) is 0 Å². The van der Waals surface area contributed by atoms with Crippen LogP contribution in [0.3, 0.4) is 0 Å². The van der Waals surface area contributed by atoms with E-state index in [-0.39, 0.29) is 5.84 Å². The molecule has 0 unspecified atom stereocenters. The molecule has 1 rings (SSSR count). The molecule has 0 bridgehead atoms. The molecule has 4 nitrogen and oxygen atoms in total. The molecule has 0 heterocycles. The van der Waals surface area contributed by atoms with Gasteiger partial charge in [-0.05, 0) is 18.8 Å². The Morgan fingerprint density at radius 1 is 1.44 bits per heavy atom. The third-order valence-electron chi connectivity index (χ3n) is 2.71. The van der Waals surface area contributed by atoms with Gasteiger partial charge in [0, 0.05) is 32.2 Å². The standard InChI is InChI=1S/C12H25N3O/c1-10(2)9-16-8-7-15(11-3-4-11)6-5-12(13)14/h10-11H,3-9H2,1-2H3,(H3,13,14). The van der Waals surface area contributed by atoms with Gasteiger partial charge in [-0.3, -0.25) is 10.3 Å². The molecule has 3 N–H and O–H groups in total. The molecule has 0 aromatic heterocycles. The van der Waals surface area contributed by atoms with Crippen LogP contribution in [0.25, 0.3) is 0 Å². The first-order valence-corrected chi connectivity index (χ1v) is 6.24. The van der Waals surface area contributed by atoms with E-state index >= 15 is 0 Å². The monoisotopic (exact) mass is 227 g/mol. The lowest BCUT2D eigenvalue weighted by atomic mass is 10.2. The third-order valence-corrected chi connectivity index (χ3v) is 2.71. The first-order valence-electron chi connectivity index (χ1n) is 6.24. The topological polar surface area (TPSA) is 62.3 Å². The van der Waals surface area contributed by atoms with Crippen LogP contribution in [0, 0.1) is 11.3 Å². The minimum atomic E-state index is 0.286. The average Bonchev–Trinajstić information content (AvgIpc) is 2.99. The molecular formula is C12H25N3O. The van der Waals surface area contributed by atoms with Crippen LogP contribution in [0.4, 0.5) is 0 Å². The van der Waals surface area contributed by atoms with Crippen LogP contribution in [0.1, 0.15) is 33.1 Å². The number of hydrogen-bond acceptors (Lipinski definition) is 3. The normalized spacial score (nSPS) is 16.0. The van der Waals surface area contributed by atoms with Crippen molar-refractivity contribution in [2.75, 3.05) is 26.3 Å². The van der Waals surface area contributed by atoms with E-state index in [0.29, 0.717) is 12.3 Å². The number of nitrogens with zero attached hydrogens (tertiary/aromatic N) is 1. The summed E-state index contributed by atoms with van der Waals surface area (Å²) in [6, 6.07) is 0.724. The molecule has 0 aromatic rings. The molecule has 16 heavy (non-hydrogen) atoms. The van der Waals surface area contributed by atoms with Crippen molar-refractivity contribution < 1.29 is 4.74 Å². The Morgan fingerprint density at radius 3 is 2.62 bits per heavy atom. The largest absolute Gasteiger partial charge is 0.388 e. The van der Waals surface area contributed by atoms with Gasteiger partial charge >= 0.3 is 0 Å². The Balaban J connectivity index is 2.10. The van der Waals surface area contributed by atoms with E-state index in [1.807, 2.05) is 0 Å². The summed E-state index contributed by atoms with van der Waals surface area (Å²) >= 11 is 0. The van der Waals surface area contributed by atoms with E-state index in [4.69, 9.17) is 15.9 Å². The molecule has 94 valence electrons. The maximum absolute atomic E-state index is 7.24. The second-order valence-electron chi connectivity index (χ2n) is 5.01. The highest BCUT2D eigenvalue weighted by Gasteiger charge is 2.28. The van der Waals surface area contributed by atoms with E-state index in [9.17, 15) is 0 Å². The maximum Gasteiger partial charge on any atom is 0.0918 e. The number of nitrogens with one attached hydrogen (secondary N) is 1. The fourth-order valence-electron chi connectivity index (χ4n) is 1.68. The lowest BCUT2D eigenvalue weighted by molar-refractivity contribution is 0.0839. The van der Waals surface area contributed by atoms with Gasteiger partial charge in [-0.1, -0.05) is 13.8 Å². The van der Waals surface area contributed by atoms with Crippen LogP contribution in [0.15, 0.2) is 0 Å². The van der Waals surface area contributed by atoms with Crippen LogP contribution in [-0.2, 0) is 4.74 Å². The van der Waals surface area contributed by atoms with Gasteiger partial charge in [-0.25, -0.2) is 0 Å². The van der Waals surface area contributed by atoms with Crippen LogP contribution < -0.4 is 5.73 Å². The number of hydrogen-bond donors (Lipinski definition) is 2. The van der Waals surface area contributed by atoms with Crippen LogP contribution in [0.2, 0.25) is 0 Å². The Hall–Kier alpha value is -0.610. The van der Waals surface area contributed by atoms with Crippen molar-refractivity contribution in [3.8, 4) is 0 Å². The zero-order valence-corrected chi connectivity index (χ0v) is 10.5. The van der Waals surface area contributed by atoms with Gasteiger partial charge in [0.25, 0.3) is 0 Å². The molecule has 0 spiro atoms. The molecule has 4 heteroatoms. The first kappa shape index (κ1) is 13.5. The average molecular weight is 227 g/mol. The lowest BCUT2D eigenvalue weighted by Crippen LogP contribution is -2.33. The summed E-state index contributed by atoms with van der Waals surface area (Å²) in [4.78, 5) is 2.40. The molecule has 0 amide bonds. The van der Waals surface area contributed by atoms with Crippen molar-refractivity contribution in [1.82, 2.24) is 4.90 Å². The predicted octanol–water partition coefficient (Wildman–Crippen LogP) is 1.45.